The Morgan fingerprint density at radius 2 is 2.06 bits per heavy atom. The summed E-state index contributed by atoms with van der Waals surface area (Å²) in [5.41, 5.74) is 8.41. The number of nitrogen functional groups attached to an aromatic ring is 1. The molecule has 2 aliphatic carbocycles. The monoisotopic (exact) mass is 265 g/mol. The minimum atomic E-state index is -4.38. The summed E-state index contributed by atoms with van der Waals surface area (Å²) < 4.78 is 34.1. The van der Waals surface area contributed by atoms with Gasteiger partial charge in [0.15, 0.2) is 0 Å². The molecule has 2 aromatic carbocycles. The van der Waals surface area contributed by atoms with Gasteiger partial charge in [0.2, 0.25) is 0 Å². The standard InChI is InChI=1S/C12H11NO4S/c13-9-1-2-10-7(4-9)3-8-5-11(10)12(8)6-17-18(14,15)16/h1-5,12H,6,13H2,(H,14,15,16). The third-order valence-electron chi connectivity index (χ3n) is 3.19. The average Bonchev–Trinajstić information content (AvgIpc) is 2.25. The second kappa shape index (κ2) is 3.68. The number of anilines is 1. The van der Waals surface area contributed by atoms with Crippen LogP contribution >= 0.6 is 0 Å². The molecule has 4 rings (SSSR count). The van der Waals surface area contributed by atoms with E-state index >= 15 is 0 Å². The molecule has 94 valence electrons. The third kappa shape index (κ3) is 1.84. The molecular formula is C12H11NO4S. The van der Waals surface area contributed by atoms with Gasteiger partial charge in [-0.1, -0.05) is 18.2 Å². The lowest BCUT2D eigenvalue weighted by Crippen LogP contribution is -2.20. The molecule has 0 spiro atoms. The third-order valence-corrected chi connectivity index (χ3v) is 3.63. The summed E-state index contributed by atoms with van der Waals surface area (Å²) >= 11 is 0. The topological polar surface area (TPSA) is 89.6 Å². The Labute approximate surface area is 104 Å². The molecule has 0 aliphatic heterocycles. The van der Waals surface area contributed by atoms with Gasteiger partial charge in [0.05, 0.1) is 6.61 Å². The fourth-order valence-corrected chi connectivity index (χ4v) is 2.66. The summed E-state index contributed by atoms with van der Waals surface area (Å²) in [5.74, 6) is -0.0944. The predicted molar refractivity (Wildman–Crippen MR) is 67.7 cm³/mol. The van der Waals surface area contributed by atoms with E-state index in [-0.39, 0.29) is 12.5 Å². The van der Waals surface area contributed by atoms with Crippen molar-refractivity contribution >= 4 is 26.9 Å². The van der Waals surface area contributed by atoms with Gasteiger partial charge in [-0.2, -0.15) is 8.42 Å². The first-order valence-electron chi connectivity index (χ1n) is 5.39. The summed E-state index contributed by atoms with van der Waals surface area (Å²) in [5, 5.41) is 2.06. The maximum atomic E-state index is 10.6. The van der Waals surface area contributed by atoms with E-state index in [1.54, 1.807) is 6.07 Å². The second-order valence-corrected chi connectivity index (χ2v) is 5.45. The van der Waals surface area contributed by atoms with Gasteiger partial charge in [0.1, 0.15) is 0 Å². The van der Waals surface area contributed by atoms with Gasteiger partial charge < -0.3 is 5.73 Å². The Morgan fingerprint density at radius 1 is 1.28 bits per heavy atom. The fraction of sp³-hybridized carbons (Fsp3) is 0.167. The highest BCUT2D eigenvalue weighted by Gasteiger charge is 2.28. The van der Waals surface area contributed by atoms with Gasteiger partial charge in [0, 0.05) is 11.6 Å². The molecule has 6 heteroatoms. The molecule has 0 saturated heterocycles. The zero-order valence-electron chi connectivity index (χ0n) is 9.33. The summed E-state index contributed by atoms with van der Waals surface area (Å²) in [4.78, 5) is 0. The molecule has 0 fully saturated rings. The van der Waals surface area contributed by atoms with Crippen molar-refractivity contribution in [2.75, 3.05) is 12.3 Å². The quantitative estimate of drug-likeness (QED) is 0.651. The van der Waals surface area contributed by atoms with E-state index in [9.17, 15) is 8.42 Å². The lowest BCUT2D eigenvalue weighted by Gasteiger charge is -2.29. The minimum Gasteiger partial charge on any atom is -0.399 e. The lowest BCUT2D eigenvalue weighted by molar-refractivity contribution is 0.257. The number of hydrogen-bond acceptors (Lipinski definition) is 4. The zero-order chi connectivity index (χ0) is 12.9. The van der Waals surface area contributed by atoms with E-state index < -0.39 is 10.4 Å². The van der Waals surface area contributed by atoms with Crippen LogP contribution in [-0.2, 0) is 14.6 Å². The molecular weight excluding hydrogens is 254 g/mol. The van der Waals surface area contributed by atoms with E-state index in [0.717, 1.165) is 21.9 Å². The van der Waals surface area contributed by atoms with Crippen LogP contribution in [0.5, 0.6) is 0 Å². The molecule has 0 saturated carbocycles. The van der Waals surface area contributed by atoms with Crippen LogP contribution in [0.15, 0.2) is 30.3 Å². The van der Waals surface area contributed by atoms with E-state index in [2.05, 4.69) is 4.18 Å². The molecule has 3 N–H and O–H groups in total. The van der Waals surface area contributed by atoms with Crippen molar-refractivity contribution in [3.63, 3.8) is 0 Å². The maximum Gasteiger partial charge on any atom is 0.397 e. The van der Waals surface area contributed by atoms with Gasteiger partial charge in [-0.05, 0) is 34.0 Å². The van der Waals surface area contributed by atoms with Crippen molar-refractivity contribution in [1.29, 1.82) is 0 Å². The summed E-state index contributed by atoms with van der Waals surface area (Å²) in [6.45, 7) is -0.0691. The van der Waals surface area contributed by atoms with Crippen LogP contribution in [0.2, 0.25) is 0 Å². The van der Waals surface area contributed by atoms with Crippen molar-refractivity contribution in [3.8, 4) is 0 Å². The van der Waals surface area contributed by atoms with Gasteiger partial charge in [-0.15, -0.1) is 0 Å². The van der Waals surface area contributed by atoms with Crippen molar-refractivity contribution in [1.82, 2.24) is 0 Å². The van der Waals surface area contributed by atoms with Gasteiger partial charge >= 0.3 is 10.4 Å². The van der Waals surface area contributed by atoms with Crippen LogP contribution in [0, 0.1) is 0 Å². The normalized spacial score (nSPS) is 17.7. The molecule has 2 aliphatic rings. The van der Waals surface area contributed by atoms with Crippen LogP contribution in [0.3, 0.4) is 0 Å². The van der Waals surface area contributed by atoms with E-state index in [4.69, 9.17) is 10.3 Å². The fourth-order valence-electron chi connectivity index (χ4n) is 2.35. The molecule has 5 nitrogen and oxygen atoms in total. The average molecular weight is 265 g/mol. The Morgan fingerprint density at radius 3 is 2.78 bits per heavy atom. The summed E-state index contributed by atoms with van der Waals surface area (Å²) in [6.07, 6.45) is 0. The summed E-state index contributed by atoms with van der Waals surface area (Å²) in [6, 6.07) is 9.52. The van der Waals surface area contributed by atoms with Crippen molar-refractivity contribution in [2.24, 2.45) is 0 Å². The van der Waals surface area contributed by atoms with Crippen LogP contribution in [-0.4, -0.2) is 19.6 Å². The van der Waals surface area contributed by atoms with Crippen LogP contribution < -0.4 is 5.73 Å². The molecule has 0 heterocycles. The molecule has 18 heavy (non-hydrogen) atoms. The van der Waals surface area contributed by atoms with Crippen LogP contribution in [0.25, 0.3) is 10.8 Å². The lowest BCUT2D eigenvalue weighted by atomic mass is 9.77. The van der Waals surface area contributed by atoms with Gasteiger partial charge in [-0.25, -0.2) is 4.18 Å². The molecule has 2 bridgehead atoms. The van der Waals surface area contributed by atoms with E-state index in [0.29, 0.717) is 5.69 Å². The molecule has 0 radical (unpaired) electrons. The van der Waals surface area contributed by atoms with Gasteiger partial charge in [0.25, 0.3) is 0 Å². The van der Waals surface area contributed by atoms with Crippen LogP contribution in [0.1, 0.15) is 17.0 Å². The highest BCUT2D eigenvalue weighted by atomic mass is 32.3. The Bertz CT molecular complexity index is 739. The molecule has 2 aromatic rings. The summed E-state index contributed by atoms with van der Waals surface area (Å²) in [7, 11) is -4.38. The largest absolute Gasteiger partial charge is 0.399 e. The highest BCUT2D eigenvalue weighted by Crippen LogP contribution is 2.42. The molecule has 0 amide bonds. The molecule has 1 atom stereocenters. The maximum absolute atomic E-state index is 10.6. The molecule has 1 unspecified atom stereocenters. The van der Waals surface area contributed by atoms with Crippen molar-refractivity contribution in [3.05, 3.63) is 41.5 Å². The van der Waals surface area contributed by atoms with Crippen molar-refractivity contribution in [2.45, 2.75) is 5.92 Å². The number of nitrogens with two attached hydrogens (primary N) is 1. The predicted octanol–water partition coefficient (Wildman–Crippen LogP) is 1.69. The van der Waals surface area contributed by atoms with Crippen LogP contribution in [0.4, 0.5) is 5.69 Å². The Kier molecular flexibility index (Phi) is 2.34. The van der Waals surface area contributed by atoms with Gasteiger partial charge in [-0.3, -0.25) is 4.55 Å². The van der Waals surface area contributed by atoms with E-state index in [1.807, 2.05) is 24.3 Å². The molecule has 0 aromatic heterocycles. The highest BCUT2D eigenvalue weighted by molar-refractivity contribution is 7.80. The number of hydrogen-bond donors (Lipinski definition) is 2. The van der Waals surface area contributed by atoms with Crippen molar-refractivity contribution < 1.29 is 17.2 Å². The first-order chi connectivity index (χ1) is 8.44. The number of benzene rings is 2. The Balaban J connectivity index is 1.94. The Hall–Kier alpha value is -1.63. The number of rotatable bonds is 3. The first-order valence-corrected chi connectivity index (χ1v) is 6.75. The van der Waals surface area contributed by atoms with E-state index in [1.165, 1.54) is 0 Å². The smallest absolute Gasteiger partial charge is 0.397 e. The SMILES string of the molecule is Nc1ccc2c3cc(cc2c1)C3COS(=O)(=O)O. The second-order valence-electron chi connectivity index (χ2n) is 4.36. The minimum absolute atomic E-state index is 0.0691. The zero-order valence-corrected chi connectivity index (χ0v) is 10.1. The first kappa shape index (κ1) is 11.5.